The Bertz CT molecular complexity index is 550. The quantitative estimate of drug-likeness (QED) is 0.690. The van der Waals surface area contributed by atoms with Gasteiger partial charge in [0.2, 0.25) is 5.91 Å². The maximum Gasteiger partial charge on any atom is 0.253 e. The van der Waals surface area contributed by atoms with E-state index >= 15 is 0 Å². The van der Waals surface area contributed by atoms with Crippen molar-refractivity contribution in [1.29, 1.82) is 0 Å². The number of benzene rings is 1. The van der Waals surface area contributed by atoms with Crippen LogP contribution >= 0.6 is 34.2 Å². The molecule has 4 nitrogen and oxygen atoms in total. The minimum atomic E-state index is -0.0147. The molecule has 1 fully saturated rings. The van der Waals surface area contributed by atoms with Crippen LogP contribution in [0.15, 0.2) is 18.2 Å². The molecule has 0 N–H and O–H groups in total. The van der Waals surface area contributed by atoms with Gasteiger partial charge in [0.15, 0.2) is 0 Å². The highest BCUT2D eigenvalue weighted by Gasteiger charge is 2.22. The van der Waals surface area contributed by atoms with Crippen LogP contribution in [0.4, 0.5) is 0 Å². The van der Waals surface area contributed by atoms with Gasteiger partial charge in [-0.25, -0.2) is 0 Å². The third kappa shape index (κ3) is 4.10. The number of carbonyl (C=O) groups excluding carboxylic acids is 2. The second-order valence-corrected chi connectivity index (χ2v) is 6.58. The molecule has 0 radical (unpaired) electrons. The highest BCUT2D eigenvalue weighted by atomic mass is 127. The summed E-state index contributed by atoms with van der Waals surface area (Å²) in [5.74, 6) is 0.140. The van der Waals surface area contributed by atoms with Crippen LogP contribution in [0.1, 0.15) is 30.1 Å². The largest absolute Gasteiger partial charge is 0.341 e. The molecule has 1 aliphatic rings. The molecule has 0 spiro atoms. The van der Waals surface area contributed by atoms with Gasteiger partial charge in [-0.1, -0.05) is 18.5 Å². The zero-order chi connectivity index (χ0) is 15.4. The topological polar surface area (TPSA) is 40.6 Å². The number of hydrogen-bond acceptors (Lipinski definition) is 2. The summed E-state index contributed by atoms with van der Waals surface area (Å²) in [5.41, 5.74) is 0.607. The zero-order valence-electron chi connectivity index (χ0n) is 11.9. The van der Waals surface area contributed by atoms with Crippen molar-refractivity contribution in [2.45, 2.75) is 19.8 Å². The molecular formula is C15H18ClIN2O2. The van der Waals surface area contributed by atoms with Crippen LogP contribution < -0.4 is 0 Å². The van der Waals surface area contributed by atoms with Crippen LogP contribution in [0, 0.1) is 3.57 Å². The highest BCUT2D eigenvalue weighted by Crippen LogP contribution is 2.21. The zero-order valence-corrected chi connectivity index (χ0v) is 14.9. The van der Waals surface area contributed by atoms with Crippen molar-refractivity contribution in [3.05, 3.63) is 32.4 Å². The lowest BCUT2D eigenvalue weighted by molar-refractivity contribution is -0.130. The molecule has 1 aromatic rings. The fraction of sp³-hybridized carbons (Fsp3) is 0.467. The second kappa shape index (κ2) is 7.45. The molecule has 6 heteroatoms. The fourth-order valence-electron chi connectivity index (χ4n) is 2.41. The van der Waals surface area contributed by atoms with Gasteiger partial charge in [-0.15, -0.1) is 0 Å². The molecule has 0 aliphatic carbocycles. The minimum absolute atomic E-state index is 0.0147. The Morgan fingerprint density at radius 3 is 2.52 bits per heavy atom. The molecule has 0 atom stereocenters. The third-order valence-electron chi connectivity index (χ3n) is 3.60. The molecule has 0 unspecified atom stereocenters. The molecule has 1 aromatic carbocycles. The van der Waals surface area contributed by atoms with Crippen molar-refractivity contribution in [1.82, 2.24) is 9.80 Å². The average molecular weight is 421 g/mol. The SMILES string of the molecule is CCC(=O)N1CCCN(C(=O)c2ccc(I)c(Cl)c2)CC1. The van der Waals surface area contributed by atoms with E-state index in [4.69, 9.17) is 11.6 Å². The van der Waals surface area contributed by atoms with E-state index in [1.165, 1.54) is 0 Å². The lowest BCUT2D eigenvalue weighted by atomic mass is 10.2. The molecule has 114 valence electrons. The Kier molecular flexibility index (Phi) is 5.87. The van der Waals surface area contributed by atoms with E-state index in [-0.39, 0.29) is 11.8 Å². The van der Waals surface area contributed by atoms with Gasteiger partial charge in [0.05, 0.1) is 5.02 Å². The summed E-state index contributed by atoms with van der Waals surface area (Å²) in [6.45, 7) is 4.45. The number of nitrogens with zero attached hydrogens (tertiary/aromatic N) is 2. The van der Waals surface area contributed by atoms with Crippen molar-refractivity contribution in [2.75, 3.05) is 26.2 Å². The molecule has 2 amide bonds. The Morgan fingerprint density at radius 2 is 1.86 bits per heavy atom. The molecule has 0 aromatic heterocycles. The van der Waals surface area contributed by atoms with Crippen LogP contribution in [-0.4, -0.2) is 47.8 Å². The second-order valence-electron chi connectivity index (χ2n) is 5.01. The van der Waals surface area contributed by atoms with Gasteiger partial charge in [-0.05, 0) is 47.2 Å². The summed E-state index contributed by atoms with van der Waals surface area (Å²) in [4.78, 5) is 27.9. The smallest absolute Gasteiger partial charge is 0.253 e. The highest BCUT2D eigenvalue weighted by molar-refractivity contribution is 14.1. The summed E-state index contributed by atoms with van der Waals surface area (Å²) < 4.78 is 0.932. The number of hydrogen-bond donors (Lipinski definition) is 0. The van der Waals surface area contributed by atoms with E-state index in [0.29, 0.717) is 36.6 Å². The van der Waals surface area contributed by atoms with E-state index in [0.717, 1.165) is 16.5 Å². The van der Waals surface area contributed by atoms with E-state index in [1.807, 2.05) is 22.8 Å². The van der Waals surface area contributed by atoms with E-state index < -0.39 is 0 Å². The first-order valence-corrected chi connectivity index (χ1v) is 8.50. The Balaban J connectivity index is 2.06. The molecule has 0 bridgehead atoms. The summed E-state index contributed by atoms with van der Waals surface area (Å²) in [5, 5.41) is 0.596. The predicted molar refractivity (Wildman–Crippen MR) is 91.6 cm³/mol. The van der Waals surface area contributed by atoms with Gasteiger partial charge < -0.3 is 9.80 Å². The lowest BCUT2D eigenvalue weighted by Crippen LogP contribution is -2.37. The number of halogens is 2. The normalized spacial score (nSPS) is 15.8. The summed E-state index contributed by atoms with van der Waals surface area (Å²) in [6.07, 6.45) is 1.33. The average Bonchev–Trinajstić information content (AvgIpc) is 2.74. The third-order valence-corrected chi connectivity index (χ3v) is 5.18. The Hall–Kier alpha value is -0.820. The van der Waals surface area contributed by atoms with Crippen LogP contribution in [0.5, 0.6) is 0 Å². The van der Waals surface area contributed by atoms with Crippen molar-refractivity contribution in [3.63, 3.8) is 0 Å². The first-order valence-electron chi connectivity index (χ1n) is 7.05. The molecule has 2 rings (SSSR count). The van der Waals surface area contributed by atoms with Crippen molar-refractivity contribution < 1.29 is 9.59 Å². The summed E-state index contributed by atoms with van der Waals surface area (Å²) in [7, 11) is 0. The van der Waals surface area contributed by atoms with E-state index in [9.17, 15) is 9.59 Å². The number of amides is 2. The molecular weight excluding hydrogens is 403 g/mol. The van der Waals surface area contributed by atoms with Gasteiger partial charge in [-0.3, -0.25) is 9.59 Å². The van der Waals surface area contributed by atoms with E-state index in [1.54, 1.807) is 12.1 Å². The lowest BCUT2D eigenvalue weighted by Gasteiger charge is -2.22. The van der Waals surface area contributed by atoms with Crippen LogP contribution in [0.25, 0.3) is 0 Å². The Labute approximate surface area is 143 Å². The molecule has 0 saturated carbocycles. The summed E-state index contributed by atoms with van der Waals surface area (Å²) in [6, 6.07) is 5.36. The van der Waals surface area contributed by atoms with Crippen molar-refractivity contribution >= 4 is 46.0 Å². The molecule has 1 heterocycles. The molecule has 1 aliphatic heterocycles. The maximum atomic E-state index is 12.5. The first-order chi connectivity index (χ1) is 10.0. The standard InChI is InChI=1S/C15H18ClIN2O2/c1-2-14(20)18-6-3-7-19(9-8-18)15(21)11-4-5-13(17)12(16)10-11/h4-5,10H,2-3,6-9H2,1H3. The number of carbonyl (C=O) groups is 2. The summed E-state index contributed by atoms with van der Waals surface area (Å²) >= 11 is 8.22. The minimum Gasteiger partial charge on any atom is -0.341 e. The Morgan fingerprint density at radius 1 is 1.19 bits per heavy atom. The van der Waals surface area contributed by atoms with Gasteiger partial charge in [0, 0.05) is 41.7 Å². The molecule has 21 heavy (non-hydrogen) atoms. The van der Waals surface area contributed by atoms with Crippen LogP contribution in [0.3, 0.4) is 0 Å². The van der Waals surface area contributed by atoms with Crippen LogP contribution in [0.2, 0.25) is 5.02 Å². The monoisotopic (exact) mass is 420 g/mol. The number of rotatable bonds is 2. The maximum absolute atomic E-state index is 12.5. The van der Waals surface area contributed by atoms with Crippen molar-refractivity contribution in [3.8, 4) is 0 Å². The van der Waals surface area contributed by atoms with Gasteiger partial charge in [-0.2, -0.15) is 0 Å². The molecule has 1 saturated heterocycles. The van der Waals surface area contributed by atoms with Gasteiger partial charge in [0.25, 0.3) is 5.91 Å². The van der Waals surface area contributed by atoms with Gasteiger partial charge in [0.1, 0.15) is 0 Å². The van der Waals surface area contributed by atoms with Gasteiger partial charge >= 0.3 is 0 Å². The van der Waals surface area contributed by atoms with E-state index in [2.05, 4.69) is 22.6 Å². The van der Waals surface area contributed by atoms with Crippen molar-refractivity contribution in [2.24, 2.45) is 0 Å². The van der Waals surface area contributed by atoms with Crippen LogP contribution in [-0.2, 0) is 4.79 Å². The first kappa shape index (κ1) is 16.5. The predicted octanol–water partition coefficient (Wildman–Crippen LogP) is 3.03. The fourth-order valence-corrected chi connectivity index (χ4v) is 2.92.